The number of hydrogen-bond donors (Lipinski definition) is 1. The number of carbonyl (C=O) groups excluding carboxylic acids is 1. The Morgan fingerprint density at radius 2 is 1.96 bits per heavy atom. The van der Waals surface area contributed by atoms with E-state index < -0.39 is 0 Å². The van der Waals surface area contributed by atoms with Crippen LogP contribution in [0.5, 0.6) is 11.5 Å². The van der Waals surface area contributed by atoms with Crippen LogP contribution in [0.2, 0.25) is 0 Å². The molecule has 1 N–H and O–H groups in total. The van der Waals surface area contributed by atoms with Crippen molar-refractivity contribution in [3.63, 3.8) is 0 Å². The number of para-hydroxylation sites is 1. The number of nitrogens with zero attached hydrogens (tertiary/aromatic N) is 1. The topological polar surface area (TPSA) is 50.8 Å². The van der Waals surface area contributed by atoms with Gasteiger partial charge in [0, 0.05) is 24.5 Å². The first-order chi connectivity index (χ1) is 11.7. The summed E-state index contributed by atoms with van der Waals surface area (Å²) >= 11 is 0. The van der Waals surface area contributed by atoms with Crippen molar-refractivity contribution >= 4 is 17.3 Å². The molecule has 0 saturated carbocycles. The summed E-state index contributed by atoms with van der Waals surface area (Å²) in [4.78, 5) is 15.0. The van der Waals surface area contributed by atoms with Crippen LogP contribution < -0.4 is 19.7 Å². The first-order valence-corrected chi connectivity index (χ1v) is 8.28. The number of rotatable bonds is 3. The van der Waals surface area contributed by atoms with Gasteiger partial charge in [-0.15, -0.1) is 0 Å². The molecule has 0 radical (unpaired) electrons. The van der Waals surface area contributed by atoms with Crippen LogP contribution in [0.15, 0.2) is 36.4 Å². The molecule has 1 amide bonds. The second-order valence-electron chi connectivity index (χ2n) is 6.19. The summed E-state index contributed by atoms with van der Waals surface area (Å²) in [5.74, 6) is 0.944. The summed E-state index contributed by atoms with van der Waals surface area (Å²) in [6, 6.07) is 11.5. The van der Waals surface area contributed by atoms with E-state index >= 15 is 0 Å². The van der Waals surface area contributed by atoms with Gasteiger partial charge in [0.25, 0.3) is 5.91 Å². The molecule has 2 aromatic rings. The molecule has 4 rings (SSSR count). The van der Waals surface area contributed by atoms with Crippen LogP contribution in [0.3, 0.4) is 0 Å². The molecule has 0 aliphatic carbocycles. The smallest absolute Gasteiger partial charge is 0.259 e. The second kappa shape index (κ2) is 6.07. The van der Waals surface area contributed by atoms with Crippen molar-refractivity contribution in [1.82, 2.24) is 0 Å². The molecule has 0 atom stereocenters. The van der Waals surface area contributed by atoms with Gasteiger partial charge in [0.1, 0.15) is 0 Å². The minimum atomic E-state index is -0.186. The van der Waals surface area contributed by atoms with E-state index in [2.05, 4.69) is 22.3 Å². The zero-order valence-corrected chi connectivity index (χ0v) is 13.7. The van der Waals surface area contributed by atoms with Crippen LogP contribution >= 0.6 is 0 Å². The van der Waals surface area contributed by atoms with Crippen molar-refractivity contribution in [2.45, 2.75) is 19.8 Å². The van der Waals surface area contributed by atoms with Crippen molar-refractivity contribution < 1.29 is 14.3 Å². The molecule has 5 nitrogen and oxygen atoms in total. The monoisotopic (exact) mass is 324 g/mol. The highest BCUT2D eigenvalue weighted by molar-refractivity contribution is 6.07. The van der Waals surface area contributed by atoms with Crippen molar-refractivity contribution in [2.75, 3.05) is 30.1 Å². The Hall–Kier alpha value is -2.69. The van der Waals surface area contributed by atoms with Crippen molar-refractivity contribution in [2.24, 2.45) is 0 Å². The van der Waals surface area contributed by atoms with Crippen molar-refractivity contribution in [1.29, 1.82) is 0 Å². The van der Waals surface area contributed by atoms with Gasteiger partial charge in [-0.25, -0.2) is 0 Å². The van der Waals surface area contributed by atoms with Crippen LogP contribution in [-0.4, -0.2) is 25.8 Å². The van der Waals surface area contributed by atoms with E-state index in [0.29, 0.717) is 17.1 Å². The van der Waals surface area contributed by atoms with Crippen LogP contribution in [0.4, 0.5) is 11.4 Å². The van der Waals surface area contributed by atoms with Gasteiger partial charge >= 0.3 is 0 Å². The first-order valence-electron chi connectivity index (χ1n) is 8.28. The zero-order chi connectivity index (χ0) is 16.5. The summed E-state index contributed by atoms with van der Waals surface area (Å²) < 4.78 is 10.7. The third-order valence-electron chi connectivity index (χ3n) is 4.57. The summed E-state index contributed by atoms with van der Waals surface area (Å²) in [7, 11) is 0. The van der Waals surface area contributed by atoms with E-state index in [-0.39, 0.29) is 12.7 Å². The van der Waals surface area contributed by atoms with Crippen LogP contribution in [0.25, 0.3) is 0 Å². The molecule has 2 aromatic carbocycles. The molecule has 5 heteroatoms. The van der Waals surface area contributed by atoms with Gasteiger partial charge in [0.05, 0.1) is 5.56 Å². The fraction of sp³-hybridized carbons (Fsp3) is 0.316. The number of fused-ring (bicyclic) bond motifs is 1. The lowest BCUT2D eigenvalue weighted by molar-refractivity contribution is 0.102. The SMILES string of the molecule is Cc1cc(N2CCCC2)ccc1NC(=O)c1cccc2c1OCO2. The Kier molecular flexibility index (Phi) is 3.76. The lowest BCUT2D eigenvalue weighted by atomic mass is 10.1. The number of nitrogens with one attached hydrogen (secondary N) is 1. The molecule has 124 valence electrons. The fourth-order valence-corrected chi connectivity index (χ4v) is 3.26. The van der Waals surface area contributed by atoms with Gasteiger partial charge in [0.15, 0.2) is 11.5 Å². The highest BCUT2D eigenvalue weighted by Gasteiger charge is 2.22. The van der Waals surface area contributed by atoms with Gasteiger partial charge in [-0.2, -0.15) is 0 Å². The molecule has 1 saturated heterocycles. The molecular weight excluding hydrogens is 304 g/mol. The number of carbonyl (C=O) groups is 1. The molecule has 2 heterocycles. The number of ether oxygens (including phenoxy) is 2. The quantitative estimate of drug-likeness (QED) is 0.937. The third kappa shape index (κ3) is 2.66. The number of aryl methyl sites for hydroxylation is 1. The maximum absolute atomic E-state index is 12.6. The summed E-state index contributed by atoms with van der Waals surface area (Å²) in [6.07, 6.45) is 2.50. The van der Waals surface area contributed by atoms with Crippen LogP contribution in [0, 0.1) is 6.92 Å². The lowest BCUT2D eigenvalue weighted by Crippen LogP contribution is -2.18. The highest BCUT2D eigenvalue weighted by atomic mass is 16.7. The van der Waals surface area contributed by atoms with Gasteiger partial charge in [-0.05, 0) is 55.7 Å². The predicted molar refractivity (Wildman–Crippen MR) is 93.1 cm³/mol. The lowest BCUT2D eigenvalue weighted by Gasteiger charge is -2.19. The Bertz CT molecular complexity index is 782. The highest BCUT2D eigenvalue weighted by Crippen LogP contribution is 2.36. The van der Waals surface area contributed by atoms with E-state index in [1.807, 2.05) is 13.0 Å². The van der Waals surface area contributed by atoms with Gasteiger partial charge in [-0.3, -0.25) is 4.79 Å². The largest absolute Gasteiger partial charge is 0.454 e. The number of anilines is 2. The predicted octanol–water partition coefficient (Wildman–Crippen LogP) is 3.58. The molecule has 2 aliphatic heterocycles. The van der Waals surface area contributed by atoms with Crippen molar-refractivity contribution in [3.05, 3.63) is 47.5 Å². The molecular formula is C19H20N2O3. The van der Waals surface area contributed by atoms with Gasteiger partial charge < -0.3 is 19.7 Å². The van der Waals surface area contributed by atoms with E-state index in [4.69, 9.17) is 9.47 Å². The standard InChI is InChI=1S/C19H20N2O3/c1-13-11-14(21-9-2-3-10-21)7-8-16(13)20-19(22)15-5-4-6-17-18(15)24-12-23-17/h4-8,11H,2-3,9-10,12H2,1H3,(H,20,22). The Morgan fingerprint density at radius 3 is 2.75 bits per heavy atom. The summed E-state index contributed by atoms with van der Waals surface area (Å²) in [6.45, 7) is 4.39. The molecule has 0 aromatic heterocycles. The van der Waals surface area contributed by atoms with Crippen LogP contribution in [0.1, 0.15) is 28.8 Å². The zero-order valence-electron chi connectivity index (χ0n) is 13.7. The number of hydrogen-bond acceptors (Lipinski definition) is 4. The average Bonchev–Trinajstić information content (AvgIpc) is 3.27. The number of amides is 1. The van der Waals surface area contributed by atoms with E-state index in [9.17, 15) is 4.79 Å². The normalized spacial score (nSPS) is 15.6. The van der Waals surface area contributed by atoms with Gasteiger partial charge in [0.2, 0.25) is 6.79 Å². The molecule has 0 spiro atoms. The Balaban J connectivity index is 1.55. The first kappa shape index (κ1) is 14.9. The van der Waals surface area contributed by atoms with E-state index in [0.717, 1.165) is 24.3 Å². The molecule has 24 heavy (non-hydrogen) atoms. The average molecular weight is 324 g/mol. The van der Waals surface area contributed by atoms with E-state index in [1.165, 1.54) is 18.5 Å². The molecule has 0 unspecified atom stereocenters. The summed E-state index contributed by atoms with van der Waals surface area (Å²) in [5.41, 5.74) is 3.59. The second-order valence-corrected chi connectivity index (χ2v) is 6.19. The molecule has 2 aliphatic rings. The van der Waals surface area contributed by atoms with Crippen LogP contribution in [-0.2, 0) is 0 Å². The fourth-order valence-electron chi connectivity index (χ4n) is 3.26. The Labute approximate surface area is 141 Å². The minimum absolute atomic E-state index is 0.156. The third-order valence-corrected chi connectivity index (χ3v) is 4.57. The van der Waals surface area contributed by atoms with Gasteiger partial charge in [-0.1, -0.05) is 6.07 Å². The maximum atomic E-state index is 12.6. The summed E-state index contributed by atoms with van der Waals surface area (Å²) in [5, 5.41) is 2.98. The number of benzene rings is 2. The van der Waals surface area contributed by atoms with Crippen molar-refractivity contribution in [3.8, 4) is 11.5 Å². The maximum Gasteiger partial charge on any atom is 0.259 e. The molecule has 0 bridgehead atoms. The minimum Gasteiger partial charge on any atom is -0.454 e. The molecule has 1 fully saturated rings. The van der Waals surface area contributed by atoms with E-state index in [1.54, 1.807) is 18.2 Å². The Morgan fingerprint density at radius 1 is 1.12 bits per heavy atom.